The molecule has 5 heteroatoms. The van der Waals surface area contributed by atoms with E-state index in [4.69, 9.17) is 9.84 Å². The van der Waals surface area contributed by atoms with Gasteiger partial charge in [0.15, 0.2) is 0 Å². The van der Waals surface area contributed by atoms with Crippen LogP contribution in [-0.2, 0) is 14.3 Å². The van der Waals surface area contributed by atoms with Crippen LogP contribution in [0.1, 0.15) is 106 Å². The molecule has 0 radical (unpaired) electrons. The Kier molecular flexibility index (Phi) is 22.9. The molecule has 4 nitrogen and oxygen atoms in total. The molecule has 0 bridgehead atoms. The number of carbonyl (C=O) groups excluding carboxylic acids is 1. The maximum Gasteiger partial charge on any atom is 2.00 e. The van der Waals surface area contributed by atoms with Gasteiger partial charge in [0.25, 0.3) is 0 Å². The second kappa shape index (κ2) is 21.5. The quantitative estimate of drug-likeness (QED) is 0.152. The number of carboxylic acids is 1. The van der Waals surface area contributed by atoms with Gasteiger partial charge in [-0.15, -0.1) is 0 Å². The third-order valence-electron chi connectivity index (χ3n) is 4.06. The van der Waals surface area contributed by atoms with Crippen LogP contribution in [0.25, 0.3) is 0 Å². The van der Waals surface area contributed by atoms with Gasteiger partial charge >= 0.3 is 35.0 Å². The fraction of sp³-hybridized carbons (Fsp3) is 0.800. The van der Waals surface area contributed by atoms with E-state index in [2.05, 4.69) is 6.92 Å². The summed E-state index contributed by atoms with van der Waals surface area (Å²) in [5.74, 6) is -1.46. The largest absolute Gasteiger partial charge is 2.00 e. The first-order valence-electron chi connectivity index (χ1n) is 9.73. The zero-order chi connectivity index (χ0) is 17.9. The van der Waals surface area contributed by atoms with Gasteiger partial charge in [0.2, 0.25) is 0 Å². The van der Waals surface area contributed by atoms with Crippen molar-refractivity contribution in [2.75, 3.05) is 0 Å². The Bertz CT molecular complexity index is 353. The van der Waals surface area contributed by atoms with Crippen molar-refractivity contribution >= 4 is 35.0 Å². The van der Waals surface area contributed by atoms with Gasteiger partial charge in [-0.2, -0.15) is 0 Å². The van der Waals surface area contributed by atoms with Gasteiger partial charge in [0.1, 0.15) is 0 Å². The van der Waals surface area contributed by atoms with Gasteiger partial charge < -0.3 is 12.7 Å². The van der Waals surface area contributed by atoms with E-state index in [0.29, 0.717) is 0 Å². The standard InChI is InChI=1S/C20H36O4.Mg.2H/c1-2-3-4-5-6-7-8-9-10-11-12-13-14-15-18-24-20(23)17-16-19(21)22;;;/h15,18H,2-14,16-17H2,1H3,(H,21,22);;;/q;+2;2*-1/b18-15+;;;. The summed E-state index contributed by atoms with van der Waals surface area (Å²) >= 11 is 0. The molecule has 0 rings (SSSR count). The van der Waals surface area contributed by atoms with E-state index in [9.17, 15) is 9.59 Å². The minimum Gasteiger partial charge on any atom is -1.00 e. The number of ether oxygens (including phenoxy) is 1. The fourth-order valence-electron chi connectivity index (χ4n) is 2.56. The Morgan fingerprint density at radius 1 is 0.840 bits per heavy atom. The van der Waals surface area contributed by atoms with Crippen molar-refractivity contribution in [1.29, 1.82) is 0 Å². The zero-order valence-corrected chi connectivity index (χ0v) is 17.6. The molecule has 0 amide bonds. The number of hydrogen-bond acceptors (Lipinski definition) is 3. The molecule has 0 aromatic carbocycles. The van der Waals surface area contributed by atoms with Crippen molar-refractivity contribution in [3.8, 4) is 0 Å². The third kappa shape index (κ3) is 23.4. The van der Waals surface area contributed by atoms with E-state index < -0.39 is 11.9 Å². The number of rotatable bonds is 17. The number of esters is 1. The summed E-state index contributed by atoms with van der Waals surface area (Å²) in [6.07, 6.45) is 19.8. The van der Waals surface area contributed by atoms with E-state index in [1.165, 1.54) is 76.9 Å². The molecule has 0 heterocycles. The molecule has 0 aliphatic rings. The van der Waals surface area contributed by atoms with Crippen molar-refractivity contribution in [3.05, 3.63) is 12.3 Å². The average molecular weight is 367 g/mol. The van der Waals surface area contributed by atoms with Crippen molar-refractivity contribution < 1.29 is 22.3 Å². The monoisotopic (exact) mass is 366 g/mol. The van der Waals surface area contributed by atoms with Crippen molar-refractivity contribution in [1.82, 2.24) is 0 Å². The normalized spacial score (nSPS) is 10.6. The first-order valence-corrected chi connectivity index (χ1v) is 9.73. The Labute approximate surface area is 172 Å². The minimum atomic E-state index is -0.979. The van der Waals surface area contributed by atoms with E-state index in [1.54, 1.807) is 0 Å². The molecule has 0 atom stereocenters. The maximum atomic E-state index is 11.1. The molecule has 0 unspecified atom stereocenters. The van der Waals surface area contributed by atoms with Gasteiger partial charge in [-0.25, -0.2) is 0 Å². The number of carboxylic acid groups (broad SMARTS) is 1. The van der Waals surface area contributed by atoms with Gasteiger partial charge in [0, 0.05) is 0 Å². The molecule has 0 aliphatic heterocycles. The Hall–Kier alpha value is -0.554. The summed E-state index contributed by atoms with van der Waals surface area (Å²) in [7, 11) is 0. The van der Waals surface area contributed by atoms with Crippen LogP contribution in [0.2, 0.25) is 0 Å². The summed E-state index contributed by atoms with van der Waals surface area (Å²) in [4.78, 5) is 21.4. The van der Waals surface area contributed by atoms with Gasteiger partial charge in [0.05, 0.1) is 19.1 Å². The van der Waals surface area contributed by atoms with Gasteiger partial charge in [-0.3, -0.25) is 9.59 Å². The summed E-state index contributed by atoms with van der Waals surface area (Å²) in [5, 5.41) is 8.44. The van der Waals surface area contributed by atoms with Gasteiger partial charge in [-0.1, -0.05) is 77.6 Å². The van der Waals surface area contributed by atoms with Crippen molar-refractivity contribution in [2.24, 2.45) is 0 Å². The zero-order valence-electron chi connectivity index (χ0n) is 18.1. The molecule has 0 fully saturated rings. The van der Waals surface area contributed by atoms with Crippen LogP contribution < -0.4 is 0 Å². The smallest absolute Gasteiger partial charge is 1.00 e. The molecule has 25 heavy (non-hydrogen) atoms. The molecular weight excluding hydrogens is 329 g/mol. The average Bonchev–Trinajstić information content (AvgIpc) is 2.56. The first kappa shape index (κ1) is 26.7. The summed E-state index contributed by atoms with van der Waals surface area (Å²) in [6, 6.07) is 0. The predicted molar refractivity (Wildman–Crippen MR) is 106 cm³/mol. The molecule has 0 aliphatic carbocycles. The fourth-order valence-corrected chi connectivity index (χ4v) is 2.56. The summed E-state index contributed by atoms with van der Waals surface area (Å²) < 4.78 is 4.82. The van der Waals surface area contributed by atoms with Crippen LogP contribution >= 0.6 is 0 Å². The third-order valence-corrected chi connectivity index (χ3v) is 4.06. The molecule has 1 N–H and O–H groups in total. The van der Waals surface area contributed by atoms with Crippen LogP contribution in [-0.4, -0.2) is 40.1 Å². The molecule has 0 saturated heterocycles. The Morgan fingerprint density at radius 3 is 1.80 bits per heavy atom. The summed E-state index contributed by atoms with van der Waals surface area (Å²) in [5.41, 5.74) is 0. The van der Waals surface area contributed by atoms with Crippen LogP contribution in [0.5, 0.6) is 0 Å². The van der Waals surface area contributed by atoms with Crippen molar-refractivity contribution in [3.63, 3.8) is 0 Å². The Balaban J connectivity index is -0.000000882. The minimum absolute atomic E-state index is 0. The van der Waals surface area contributed by atoms with Crippen molar-refractivity contribution in [2.45, 2.75) is 103 Å². The second-order valence-corrected chi connectivity index (χ2v) is 6.43. The molecule has 0 spiro atoms. The number of aliphatic carboxylic acids is 1. The molecule has 0 aromatic heterocycles. The van der Waals surface area contributed by atoms with Crippen LogP contribution in [0.15, 0.2) is 12.3 Å². The SMILES string of the molecule is CCCCCCCCCCCCCC/C=C/OC(=O)CCC(=O)O.[H-].[H-].[Mg+2]. The number of unbranched alkanes of at least 4 members (excludes halogenated alkanes) is 12. The second-order valence-electron chi connectivity index (χ2n) is 6.43. The number of carbonyl (C=O) groups is 2. The topological polar surface area (TPSA) is 63.6 Å². The van der Waals surface area contributed by atoms with Crippen LogP contribution in [0.4, 0.5) is 0 Å². The van der Waals surface area contributed by atoms with E-state index in [0.717, 1.165) is 12.8 Å². The number of hydrogen-bond donors (Lipinski definition) is 1. The Morgan fingerprint density at radius 2 is 1.32 bits per heavy atom. The van der Waals surface area contributed by atoms with E-state index in [-0.39, 0.29) is 38.7 Å². The predicted octanol–water partition coefficient (Wildman–Crippen LogP) is 5.84. The van der Waals surface area contributed by atoms with E-state index in [1.807, 2.05) is 6.08 Å². The van der Waals surface area contributed by atoms with Crippen LogP contribution in [0, 0.1) is 0 Å². The number of allylic oxidation sites excluding steroid dienone is 1. The van der Waals surface area contributed by atoms with E-state index >= 15 is 0 Å². The maximum absolute atomic E-state index is 11.1. The summed E-state index contributed by atoms with van der Waals surface area (Å²) in [6.45, 7) is 2.25. The molecule has 0 saturated carbocycles. The van der Waals surface area contributed by atoms with Crippen LogP contribution in [0.3, 0.4) is 0 Å². The molecular formula is C20H38MgO4. The first-order chi connectivity index (χ1) is 11.7. The molecule has 144 valence electrons. The molecule has 0 aromatic rings. The van der Waals surface area contributed by atoms with Gasteiger partial charge in [-0.05, 0) is 18.9 Å².